The van der Waals surface area contributed by atoms with E-state index in [1.54, 1.807) is 0 Å². The molecule has 2 aliphatic rings. The van der Waals surface area contributed by atoms with Crippen molar-refractivity contribution in [2.75, 3.05) is 0 Å². The molecule has 3 unspecified atom stereocenters. The molecule has 1 nitrogen and oxygen atoms in total. The van der Waals surface area contributed by atoms with Crippen LogP contribution >= 0.6 is 15.9 Å². The predicted octanol–water partition coefficient (Wildman–Crippen LogP) is 4.46. The number of hydrogen-bond donors (Lipinski definition) is 1. The topological polar surface area (TPSA) is 20.2 Å². The zero-order valence-electron chi connectivity index (χ0n) is 9.67. The number of hydrogen-bond acceptors (Lipinski definition) is 1. The highest BCUT2D eigenvalue weighted by atomic mass is 79.9. The van der Waals surface area contributed by atoms with Crippen LogP contribution in [0.15, 0.2) is 22.7 Å². The zero-order valence-corrected chi connectivity index (χ0v) is 11.3. The van der Waals surface area contributed by atoms with Gasteiger partial charge in [-0.1, -0.05) is 28.4 Å². The Morgan fingerprint density at radius 1 is 1.17 bits per heavy atom. The minimum Gasteiger partial charge on any atom is -0.503 e. The normalized spacial score (nSPS) is 30.4. The number of benzene rings is 1. The minimum atomic E-state index is -0.889. The summed E-state index contributed by atoms with van der Waals surface area (Å²) in [5.41, 5.74) is 0.611. The van der Waals surface area contributed by atoms with Crippen LogP contribution in [0.2, 0.25) is 0 Å². The number of halogens is 3. The zero-order chi connectivity index (χ0) is 12.9. The first-order chi connectivity index (χ1) is 8.58. The third-order valence-corrected chi connectivity index (χ3v) is 4.88. The fourth-order valence-electron chi connectivity index (χ4n) is 3.32. The van der Waals surface area contributed by atoms with Gasteiger partial charge in [-0.3, -0.25) is 0 Å². The van der Waals surface area contributed by atoms with Crippen molar-refractivity contribution in [1.29, 1.82) is 0 Å². The Labute approximate surface area is 113 Å². The maximum Gasteiger partial charge on any atom is 0.187 e. The Kier molecular flexibility index (Phi) is 2.93. The fourth-order valence-corrected chi connectivity index (χ4v) is 4.27. The second-order valence-corrected chi connectivity index (χ2v) is 6.04. The highest BCUT2D eigenvalue weighted by Crippen LogP contribution is 2.53. The molecule has 0 aromatic heterocycles. The number of phenols is 1. The van der Waals surface area contributed by atoms with E-state index in [9.17, 15) is 8.78 Å². The van der Waals surface area contributed by atoms with Gasteiger partial charge in [0.05, 0.1) is 0 Å². The standard InChI is InChI=1S/C14H13BrF2O/c15-10-4-7-2-1-3-9(7)13(10)8-5-11(16)14(18)12(17)6-8/h4-7,9,13,18H,1-3H2. The summed E-state index contributed by atoms with van der Waals surface area (Å²) in [6, 6.07) is 2.50. The summed E-state index contributed by atoms with van der Waals surface area (Å²) >= 11 is 3.52. The average Bonchev–Trinajstić information content (AvgIpc) is 2.84. The highest BCUT2D eigenvalue weighted by Gasteiger charge is 2.40. The molecule has 1 saturated carbocycles. The smallest absolute Gasteiger partial charge is 0.187 e. The lowest BCUT2D eigenvalue weighted by atomic mass is 9.85. The van der Waals surface area contributed by atoms with E-state index in [2.05, 4.69) is 22.0 Å². The van der Waals surface area contributed by atoms with Crippen molar-refractivity contribution in [3.63, 3.8) is 0 Å². The van der Waals surface area contributed by atoms with E-state index in [1.165, 1.54) is 18.6 Å². The van der Waals surface area contributed by atoms with Crippen LogP contribution in [-0.2, 0) is 0 Å². The lowest BCUT2D eigenvalue weighted by Crippen LogP contribution is -2.10. The number of fused-ring (bicyclic) bond motifs is 1. The Hall–Kier alpha value is -0.900. The van der Waals surface area contributed by atoms with Gasteiger partial charge in [-0.25, -0.2) is 8.78 Å². The van der Waals surface area contributed by atoms with Gasteiger partial charge in [-0.2, -0.15) is 0 Å². The minimum absolute atomic E-state index is 0.0297. The van der Waals surface area contributed by atoms with Crippen molar-refractivity contribution in [1.82, 2.24) is 0 Å². The van der Waals surface area contributed by atoms with Crippen molar-refractivity contribution in [3.05, 3.63) is 39.9 Å². The first kappa shape index (κ1) is 12.2. The van der Waals surface area contributed by atoms with Gasteiger partial charge in [0.25, 0.3) is 0 Å². The molecule has 0 aliphatic heterocycles. The quantitative estimate of drug-likeness (QED) is 0.811. The number of allylic oxidation sites excluding steroid dienone is 2. The summed E-state index contributed by atoms with van der Waals surface area (Å²) < 4.78 is 27.9. The van der Waals surface area contributed by atoms with Crippen LogP contribution < -0.4 is 0 Å². The van der Waals surface area contributed by atoms with Gasteiger partial charge in [0, 0.05) is 5.92 Å². The monoisotopic (exact) mass is 314 g/mol. The van der Waals surface area contributed by atoms with Crippen LogP contribution in [0, 0.1) is 23.5 Å². The number of rotatable bonds is 1. The highest BCUT2D eigenvalue weighted by molar-refractivity contribution is 9.11. The van der Waals surface area contributed by atoms with Crippen molar-refractivity contribution >= 4 is 15.9 Å². The summed E-state index contributed by atoms with van der Waals surface area (Å²) in [5.74, 6) is -1.67. The molecule has 1 fully saturated rings. The summed E-state index contributed by atoms with van der Waals surface area (Å²) in [6.45, 7) is 0. The maximum absolute atomic E-state index is 13.4. The molecular formula is C14H13BrF2O. The maximum atomic E-state index is 13.4. The lowest BCUT2D eigenvalue weighted by Gasteiger charge is -2.21. The molecule has 0 saturated heterocycles. The summed E-state index contributed by atoms with van der Waals surface area (Å²) in [6.07, 6.45) is 5.58. The van der Waals surface area contributed by atoms with Crippen molar-refractivity contribution in [3.8, 4) is 5.75 Å². The largest absolute Gasteiger partial charge is 0.503 e. The van der Waals surface area contributed by atoms with E-state index in [1.807, 2.05) is 0 Å². The van der Waals surface area contributed by atoms with E-state index in [0.717, 1.165) is 17.3 Å². The van der Waals surface area contributed by atoms with Gasteiger partial charge >= 0.3 is 0 Å². The second kappa shape index (κ2) is 4.34. The molecule has 1 aromatic carbocycles. The SMILES string of the molecule is Oc1c(F)cc(C2C(Br)=CC3CCCC32)cc1F. The molecule has 3 rings (SSSR count). The molecule has 0 radical (unpaired) electrons. The Morgan fingerprint density at radius 3 is 2.50 bits per heavy atom. The second-order valence-electron chi connectivity index (χ2n) is 5.12. The average molecular weight is 315 g/mol. The van der Waals surface area contributed by atoms with E-state index < -0.39 is 17.4 Å². The number of phenolic OH excluding ortho intramolecular Hbond substituents is 1. The fraction of sp³-hybridized carbons (Fsp3) is 0.429. The van der Waals surface area contributed by atoms with Crippen LogP contribution in [-0.4, -0.2) is 5.11 Å². The predicted molar refractivity (Wildman–Crippen MR) is 68.6 cm³/mol. The number of aromatic hydroxyl groups is 1. The van der Waals surface area contributed by atoms with E-state index in [4.69, 9.17) is 5.11 Å². The van der Waals surface area contributed by atoms with Crippen molar-refractivity contribution in [2.24, 2.45) is 11.8 Å². The van der Waals surface area contributed by atoms with E-state index in [0.29, 0.717) is 17.4 Å². The Morgan fingerprint density at radius 2 is 1.83 bits per heavy atom. The molecule has 3 atom stereocenters. The molecule has 1 aromatic rings. The molecule has 1 N–H and O–H groups in total. The van der Waals surface area contributed by atoms with Crippen LogP contribution in [0.5, 0.6) is 5.75 Å². The van der Waals surface area contributed by atoms with Crippen LogP contribution in [0.3, 0.4) is 0 Å². The molecule has 0 amide bonds. The molecule has 18 heavy (non-hydrogen) atoms. The molecule has 0 bridgehead atoms. The van der Waals surface area contributed by atoms with Gasteiger partial charge in [0.1, 0.15) is 0 Å². The summed E-state index contributed by atoms with van der Waals surface area (Å²) in [4.78, 5) is 0. The van der Waals surface area contributed by atoms with Crippen LogP contribution in [0.25, 0.3) is 0 Å². The summed E-state index contributed by atoms with van der Waals surface area (Å²) in [7, 11) is 0. The third kappa shape index (κ3) is 1.78. The van der Waals surface area contributed by atoms with E-state index in [-0.39, 0.29) is 5.92 Å². The van der Waals surface area contributed by atoms with E-state index >= 15 is 0 Å². The van der Waals surface area contributed by atoms with Gasteiger partial charge in [-0.15, -0.1) is 0 Å². The summed E-state index contributed by atoms with van der Waals surface area (Å²) in [5, 5.41) is 9.15. The van der Waals surface area contributed by atoms with Gasteiger partial charge < -0.3 is 5.11 Å². The van der Waals surface area contributed by atoms with Crippen LogP contribution in [0.1, 0.15) is 30.7 Å². The first-order valence-corrected chi connectivity index (χ1v) is 6.92. The molecular weight excluding hydrogens is 302 g/mol. The molecule has 96 valence electrons. The van der Waals surface area contributed by atoms with Gasteiger partial charge in [-0.05, 0) is 46.9 Å². The first-order valence-electron chi connectivity index (χ1n) is 6.13. The molecule has 2 aliphatic carbocycles. The van der Waals surface area contributed by atoms with Crippen molar-refractivity contribution < 1.29 is 13.9 Å². The van der Waals surface area contributed by atoms with Gasteiger partial charge in [0.15, 0.2) is 17.4 Å². The van der Waals surface area contributed by atoms with Crippen molar-refractivity contribution in [2.45, 2.75) is 25.2 Å². The Bertz CT molecular complexity index is 504. The van der Waals surface area contributed by atoms with Gasteiger partial charge in [0.2, 0.25) is 0 Å². The molecule has 0 heterocycles. The Balaban J connectivity index is 2.02. The molecule has 4 heteroatoms. The third-order valence-electron chi connectivity index (χ3n) is 4.12. The lowest BCUT2D eigenvalue weighted by molar-refractivity contribution is 0.391. The van der Waals surface area contributed by atoms with Crippen LogP contribution in [0.4, 0.5) is 8.78 Å². The molecule has 0 spiro atoms.